The monoisotopic (exact) mass is 493 g/mol. The molecule has 0 aliphatic heterocycles. The van der Waals surface area contributed by atoms with Crippen molar-refractivity contribution in [1.82, 2.24) is 19.5 Å². The lowest BCUT2D eigenvalue weighted by atomic mass is 10.0. The molecule has 0 fully saturated rings. The topological polar surface area (TPSA) is 123 Å². The van der Waals surface area contributed by atoms with Gasteiger partial charge >= 0.3 is 0 Å². The van der Waals surface area contributed by atoms with Gasteiger partial charge in [-0.25, -0.2) is 19.3 Å². The Morgan fingerprint density at radius 3 is 2.65 bits per heavy atom. The third-order valence-corrected chi connectivity index (χ3v) is 6.09. The second kappa shape index (κ2) is 9.62. The van der Waals surface area contributed by atoms with Crippen LogP contribution >= 0.6 is 0 Å². The number of aryl methyl sites for hydroxylation is 2. The van der Waals surface area contributed by atoms with Gasteiger partial charge in [0.15, 0.2) is 0 Å². The summed E-state index contributed by atoms with van der Waals surface area (Å²) in [7, 11) is 0. The molecular formula is C28H24FN7O. The van der Waals surface area contributed by atoms with Crippen LogP contribution in [0.3, 0.4) is 0 Å². The highest BCUT2D eigenvalue weighted by Gasteiger charge is 2.19. The third-order valence-electron chi connectivity index (χ3n) is 6.09. The summed E-state index contributed by atoms with van der Waals surface area (Å²) in [6.07, 6.45) is 2.94. The molecule has 4 N–H and O–H groups in total. The Hall–Kier alpha value is -4.92. The van der Waals surface area contributed by atoms with Gasteiger partial charge in [0.25, 0.3) is 5.56 Å². The number of aromatic nitrogens is 4. The molecule has 8 nitrogen and oxygen atoms in total. The van der Waals surface area contributed by atoms with Crippen molar-refractivity contribution >= 4 is 28.1 Å². The van der Waals surface area contributed by atoms with Gasteiger partial charge in [0.1, 0.15) is 29.6 Å². The number of anilines is 2. The number of nitrogen functional groups attached to an aromatic ring is 1. The third kappa shape index (κ3) is 4.54. The van der Waals surface area contributed by atoms with E-state index in [0.29, 0.717) is 33.8 Å². The lowest BCUT2D eigenvalue weighted by Crippen LogP contribution is -2.25. The van der Waals surface area contributed by atoms with Gasteiger partial charge in [-0.3, -0.25) is 14.8 Å². The molecule has 5 rings (SSSR count). The van der Waals surface area contributed by atoms with E-state index in [1.54, 1.807) is 29.8 Å². The molecule has 9 heteroatoms. The summed E-state index contributed by atoms with van der Waals surface area (Å²) >= 11 is 0. The summed E-state index contributed by atoms with van der Waals surface area (Å²) in [5, 5.41) is 13.3. The molecule has 0 amide bonds. The number of halogens is 1. The molecule has 37 heavy (non-hydrogen) atoms. The van der Waals surface area contributed by atoms with E-state index < -0.39 is 5.82 Å². The fourth-order valence-electron chi connectivity index (χ4n) is 4.37. The fourth-order valence-corrected chi connectivity index (χ4v) is 4.37. The van der Waals surface area contributed by atoms with Crippen molar-refractivity contribution in [3.63, 3.8) is 0 Å². The van der Waals surface area contributed by atoms with E-state index >= 15 is 0 Å². The highest BCUT2D eigenvalue weighted by molar-refractivity contribution is 6.16. The zero-order valence-corrected chi connectivity index (χ0v) is 20.3. The van der Waals surface area contributed by atoms with E-state index in [4.69, 9.17) is 11.1 Å². The Morgan fingerprint density at radius 1 is 1.05 bits per heavy atom. The van der Waals surface area contributed by atoms with Crippen molar-refractivity contribution in [1.29, 1.82) is 5.41 Å². The van der Waals surface area contributed by atoms with Crippen molar-refractivity contribution in [3.05, 3.63) is 117 Å². The SMILES string of the molecule is Cc1cc(F)cc(C(=N)c2c(N)ncnc2NCc2cc3ccccc3c(=O)n2-c2ncccc2C)c1. The van der Waals surface area contributed by atoms with Crippen LogP contribution in [0.1, 0.15) is 27.9 Å². The lowest BCUT2D eigenvalue weighted by molar-refractivity contribution is 0.626. The van der Waals surface area contributed by atoms with Crippen LogP contribution in [0.4, 0.5) is 16.0 Å². The minimum atomic E-state index is -0.449. The number of nitrogens with one attached hydrogen (secondary N) is 2. The number of fused-ring (bicyclic) bond motifs is 1. The number of benzene rings is 2. The van der Waals surface area contributed by atoms with E-state index in [9.17, 15) is 9.18 Å². The molecule has 5 aromatic rings. The standard InChI is InChI=1S/C28H24FN7O/c1-16-10-19(12-20(29)11-16)24(30)23-25(31)34-15-35-26(23)33-14-21-13-18-7-3-4-8-22(18)28(37)36(21)27-17(2)6-5-9-32-27/h3-13,15,30H,14H2,1-2H3,(H3,31,33,34,35). The molecule has 0 unspecified atom stereocenters. The Morgan fingerprint density at radius 2 is 1.86 bits per heavy atom. The summed E-state index contributed by atoms with van der Waals surface area (Å²) in [4.78, 5) is 26.4. The molecule has 0 aliphatic carbocycles. The molecule has 0 saturated carbocycles. The Balaban J connectivity index is 1.59. The smallest absolute Gasteiger partial charge is 0.264 e. The minimum Gasteiger partial charge on any atom is -0.383 e. The van der Waals surface area contributed by atoms with Crippen LogP contribution < -0.4 is 16.6 Å². The summed E-state index contributed by atoms with van der Waals surface area (Å²) in [5.41, 5.74) is 8.71. The summed E-state index contributed by atoms with van der Waals surface area (Å²) < 4.78 is 15.6. The number of pyridine rings is 2. The van der Waals surface area contributed by atoms with E-state index in [0.717, 1.165) is 10.9 Å². The van der Waals surface area contributed by atoms with Gasteiger partial charge in [-0.2, -0.15) is 0 Å². The molecule has 3 aromatic heterocycles. The maximum atomic E-state index is 14.1. The fraction of sp³-hybridized carbons (Fsp3) is 0.107. The van der Waals surface area contributed by atoms with Crippen LogP contribution in [0.5, 0.6) is 0 Å². The molecule has 0 radical (unpaired) electrons. The summed E-state index contributed by atoms with van der Waals surface area (Å²) in [6, 6.07) is 17.4. The largest absolute Gasteiger partial charge is 0.383 e. The molecule has 0 spiro atoms. The normalized spacial score (nSPS) is 11.0. The van der Waals surface area contributed by atoms with E-state index in [1.165, 1.54) is 18.5 Å². The quantitative estimate of drug-likeness (QED) is 0.299. The molecule has 0 atom stereocenters. The molecule has 0 aliphatic rings. The van der Waals surface area contributed by atoms with Crippen LogP contribution in [0.25, 0.3) is 16.6 Å². The number of rotatable bonds is 6. The van der Waals surface area contributed by atoms with E-state index in [2.05, 4.69) is 20.3 Å². The van der Waals surface area contributed by atoms with Crippen molar-refractivity contribution in [2.45, 2.75) is 20.4 Å². The van der Waals surface area contributed by atoms with Gasteiger partial charge in [0.05, 0.1) is 17.8 Å². The maximum Gasteiger partial charge on any atom is 0.264 e. The second-order valence-electron chi connectivity index (χ2n) is 8.74. The Labute approximate surface area is 212 Å². The van der Waals surface area contributed by atoms with Gasteiger partial charge in [-0.1, -0.05) is 24.3 Å². The summed E-state index contributed by atoms with van der Waals surface area (Å²) in [6.45, 7) is 3.82. The first-order valence-electron chi connectivity index (χ1n) is 11.6. The van der Waals surface area contributed by atoms with Gasteiger partial charge in [0.2, 0.25) is 0 Å². The lowest BCUT2D eigenvalue weighted by Gasteiger charge is -2.18. The first-order valence-corrected chi connectivity index (χ1v) is 11.6. The number of hydrogen-bond donors (Lipinski definition) is 3. The van der Waals surface area contributed by atoms with Crippen molar-refractivity contribution in [3.8, 4) is 5.82 Å². The maximum absolute atomic E-state index is 14.1. The van der Waals surface area contributed by atoms with E-state index in [-0.39, 0.29) is 29.2 Å². The van der Waals surface area contributed by atoms with Crippen molar-refractivity contribution in [2.75, 3.05) is 11.1 Å². The molecule has 184 valence electrons. The second-order valence-corrected chi connectivity index (χ2v) is 8.74. The molecule has 2 aromatic carbocycles. The average Bonchev–Trinajstić information content (AvgIpc) is 2.87. The molecule has 0 bridgehead atoms. The van der Waals surface area contributed by atoms with Gasteiger partial charge < -0.3 is 11.1 Å². The van der Waals surface area contributed by atoms with Crippen molar-refractivity contribution < 1.29 is 4.39 Å². The molecule has 0 saturated heterocycles. The number of nitrogens with two attached hydrogens (primary N) is 1. The van der Waals surface area contributed by atoms with Gasteiger partial charge in [-0.15, -0.1) is 0 Å². The van der Waals surface area contributed by atoms with Crippen LogP contribution in [-0.4, -0.2) is 25.2 Å². The Kier molecular flexibility index (Phi) is 6.19. The zero-order chi connectivity index (χ0) is 26.1. The highest BCUT2D eigenvalue weighted by atomic mass is 19.1. The van der Waals surface area contributed by atoms with Crippen molar-refractivity contribution in [2.24, 2.45) is 0 Å². The predicted molar refractivity (Wildman–Crippen MR) is 143 cm³/mol. The van der Waals surface area contributed by atoms with Crippen LogP contribution in [0.15, 0.2) is 78.0 Å². The van der Waals surface area contributed by atoms with E-state index in [1.807, 2.05) is 43.3 Å². The van der Waals surface area contributed by atoms with Crippen LogP contribution in [0.2, 0.25) is 0 Å². The minimum absolute atomic E-state index is 0.0142. The average molecular weight is 494 g/mol. The van der Waals surface area contributed by atoms with Gasteiger partial charge in [0, 0.05) is 22.8 Å². The number of nitrogens with zero attached hydrogens (tertiary/aromatic N) is 4. The van der Waals surface area contributed by atoms with Crippen LogP contribution in [-0.2, 0) is 6.54 Å². The zero-order valence-electron chi connectivity index (χ0n) is 20.3. The first-order chi connectivity index (χ1) is 17.8. The molecular weight excluding hydrogens is 469 g/mol. The Bertz CT molecular complexity index is 1710. The predicted octanol–water partition coefficient (Wildman–Crippen LogP) is 4.54. The molecule has 3 heterocycles. The number of hydrogen-bond acceptors (Lipinski definition) is 7. The van der Waals surface area contributed by atoms with Gasteiger partial charge in [-0.05, 0) is 66.8 Å². The highest BCUT2D eigenvalue weighted by Crippen LogP contribution is 2.24. The summed E-state index contributed by atoms with van der Waals surface area (Å²) in [5.74, 6) is 0.459. The first kappa shape index (κ1) is 23.8. The van der Waals surface area contributed by atoms with Crippen LogP contribution in [0, 0.1) is 25.1 Å².